The van der Waals surface area contributed by atoms with Gasteiger partial charge in [0.25, 0.3) is 8.32 Å². The van der Waals surface area contributed by atoms with Crippen molar-refractivity contribution in [2.75, 3.05) is 6.54 Å². The fourth-order valence-corrected chi connectivity index (χ4v) is 5.23. The second kappa shape index (κ2) is 5.85. The minimum absolute atomic E-state index is 0.0136. The number of hydrogen-bond donors (Lipinski definition) is 2. The van der Waals surface area contributed by atoms with Gasteiger partial charge in [-0.1, -0.05) is 39.0 Å². The van der Waals surface area contributed by atoms with Gasteiger partial charge in [-0.25, -0.2) is 0 Å². The van der Waals surface area contributed by atoms with Crippen molar-refractivity contribution < 1.29 is 14.3 Å². The molecule has 0 bridgehead atoms. The van der Waals surface area contributed by atoms with Gasteiger partial charge in [0.1, 0.15) is 11.9 Å². The number of aliphatic hydroxyl groups excluding tert-OH is 1. The van der Waals surface area contributed by atoms with E-state index < -0.39 is 14.4 Å². The molecule has 4 nitrogen and oxygen atoms in total. The maximum atomic E-state index is 10.2. The first kappa shape index (κ1) is 18.1. The Bertz CT molecular complexity index is 752. The van der Waals surface area contributed by atoms with Crippen LogP contribution in [0.1, 0.15) is 44.7 Å². The molecule has 0 aromatic heterocycles. The highest BCUT2D eigenvalue weighted by atomic mass is 28.4. The molecular weight excluding hydrogens is 342 g/mol. The smallest absolute Gasteiger partial charge is 0.250 e. The summed E-state index contributed by atoms with van der Waals surface area (Å²) in [7, 11) is -1.96. The Morgan fingerprint density at radius 2 is 2.08 bits per heavy atom. The molecule has 5 heteroatoms. The molecule has 3 aliphatic rings. The van der Waals surface area contributed by atoms with Crippen molar-refractivity contribution in [2.24, 2.45) is 0 Å². The van der Waals surface area contributed by atoms with Gasteiger partial charge < -0.3 is 19.6 Å². The SMILES string of the molecule is CC(C)(C)[Si](C)(C)Oc1ccc2c3c1O[C@H]1C[C@@H](O)C=C[C@@]31CCNC2. The van der Waals surface area contributed by atoms with E-state index >= 15 is 0 Å². The first-order valence-electron chi connectivity index (χ1n) is 9.74. The Kier molecular flexibility index (Phi) is 4.06. The van der Waals surface area contributed by atoms with Crippen molar-refractivity contribution in [3.8, 4) is 11.5 Å². The largest absolute Gasteiger partial charge is 0.541 e. The average molecular weight is 374 g/mol. The summed E-state index contributed by atoms with van der Waals surface area (Å²) in [5, 5.41) is 13.8. The van der Waals surface area contributed by atoms with Crippen LogP contribution in [0, 0.1) is 0 Å². The lowest BCUT2D eigenvalue weighted by molar-refractivity contribution is 0.0856. The van der Waals surface area contributed by atoms with Crippen LogP contribution in [-0.2, 0) is 12.0 Å². The molecule has 4 rings (SSSR count). The first-order valence-corrected chi connectivity index (χ1v) is 12.6. The molecule has 142 valence electrons. The van der Waals surface area contributed by atoms with Crippen molar-refractivity contribution >= 4 is 8.32 Å². The summed E-state index contributed by atoms with van der Waals surface area (Å²) in [5.74, 6) is 1.80. The lowest BCUT2D eigenvalue weighted by atomic mass is 9.69. The first-order chi connectivity index (χ1) is 12.1. The van der Waals surface area contributed by atoms with Gasteiger partial charge in [0.05, 0.1) is 11.5 Å². The summed E-state index contributed by atoms with van der Waals surface area (Å²) in [4.78, 5) is 0. The van der Waals surface area contributed by atoms with Crippen molar-refractivity contribution in [3.63, 3.8) is 0 Å². The number of hydrogen-bond acceptors (Lipinski definition) is 4. The summed E-state index contributed by atoms with van der Waals surface area (Å²) in [6, 6.07) is 4.29. The predicted molar refractivity (Wildman–Crippen MR) is 106 cm³/mol. The summed E-state index contributed by atoms with van der Waals surface area (Å²) >= 11 is 0. The topological polar surface area (TPSA) is 50.7 Å². The standard InChI is InChI=1S/C21H31NO3Si/c1-20(2,3)26(4,5)25-16-7-6-14-13-22-11-10-21-9-8-15(23)12-17(21)24-19(16)18(14)21/h6-9,15,17,22-23H,10-13H2,1-5H3/t15-,17-,21-/m0/s1. The van der Waals surface area contributed by atoms with Crippen molar-refractivity contribution in [1.29, 1.82) is 0 Å². The maximum Gasteiger partial charge on any atom is 0.250 e. The van der Waals surface area contributed by atoms with E-state index in [0.29, 0.717) is 6.42 Å². The van der Waals surface area contributed by atoms with Crippen LogP contribution < -0.4 is 14.5 Å². The molecule has 0 saturated heterocycles. The van der Waals surface area contributed by atoms with Gasteiger partial charge >= 0.3 is 0 Å². The predicted octanol–water partition coefficient (Wildman–Crippen LogP) is 3.88. The normalized spacial score (nSPS) is 30.2. The zero-order valence-corrected chi connectivity index (χ0v) is 17.6. The minimum Gasteiger partial charge on any atom is -0.541 e. The second-order valence-electron chi connectivity index (χ2n) is 9.53. The van der Waals surface area contributed by atoms with Gasteiger partial charge in [-0.15, -0.1) is 0 Å². The molecule has 2 aliphatic heterocycles. The minimum atomic E-state index is -1.96. The monoisotopic (exact) mass is 373 g/mol. The Morgan fingerprint density at radius 3 is 2.81 bits per heavy atom. The lowest BCUT2D eigenvalue weighted by Gasteiger charge is -2.37. The molecule has 2 heterocycles. The van der Waals surface area contributed by atoms with Gasteiger partial charge in [-0.2, -0.15) is 0 Å². The third-order valence-electron chi connectivity index (χ3n) is 6.78. The Morgan fingerprint density at radius 1 is 1.31 bits per heavy atom. The molecule has 1 aliphatic carbocycles. The highest BCUT2D eigenvalue weighted by Gasteiger charge is 2.52. The third-order valence-corrected chi connectivity index (χ3v) is 11.1. The molecule has 0 fully saturated rings. The highest BCUT2D eigenvalue weighted by molar-refractivity contribution is 6.74. The van der Waals surface area contributed by atoms with Crippen LogP contribution in [0.25, 0.3) is 0 Å². The molecule has 1 spiro atoms. The van der Waals surface area contributed by atoms with Gasteiger partial charge in [-0.05, 0) is 42.7 Å². The number of ether oxygens (including phenoxy) is 1. The molecule has 1 aromatic carbocycles. The van der Waals surface area contributed by atoms with Crippen LogP contribution >= 0.6 is 0 Å². The van der Waals surface area contributed by atoms with Crippen LogP contribution in [0.15, 0.2) is 24.3 Å². The van der Waals surface area contributed by atoms with Gasteiger partial charge in [-0.3, -0.25) is 0 Å². The molecule has 0 amide bonds. The molecule has 1 aromatic rings. The summed E-state index contributed by atoms with van der Waals surface area (Å²) < 4.78 is 13.2. The third kappa shape index (κ3) is 2.63. The molecule has 0 unspecified atom stereocenters. The van der Waals surface area contributed by atoms with Crippen LogP contribution in [0.3, 0.4) is 0 Å². The number of benzene rings is 1. The zero-order chi connectivity index (χ0) is 18.7. The van der Waals surface area contributed by atoms with Gasteiger partial charge in [0.2, 0.25) is 0 Å². The van der Waals surface area contributed by atoms with Crippen LogP contribution in [0.4, 0.5) is 0 Å². The van der Waals surface area contributed by atoms with E-state index in [1.807, 2.05) is 6.08 Å². The van der Waals surface area contributed by atoms with Crippen LogP contribution in [-0.4, -0.2) is 32.2 Å². The molecular formula is C21H31NO3Si. The maximum absolute atomic E-state index is 10.2. The van der Waals surface area contributed by atoms with E-state index in [0.717, 1.165) is 31.0 Å². The average Bonchev–Trinajstić information content (AvgIpc) is 2.75. The fourth-order valence-electron chi connectivity index (χ4n) is 4.21. The molecule has 0 saturated carbocycles. The molecule has 2 N–H and O–H groups in total. The van der Waals surface area contributed by atoms with Crippen molar-refractivity contribution in [2.45, 2.75) is 75.9 Å². The summed E-state index contributed by atoms with van der Waals surface area (Å²) in [6.45, 7) is 13.1. The van der Waals surface area contributed by atoms with E-state index in [1.54, 1.807) is 0 Å². The van der Waals surface area contributed by atoms with Gasteiger partial charge in [0, 0.05) is 18.5 Å². The van der Waals surface area contributed by atoms with Crippen molar-refractivity contribution in [3.05, 3.63) is 35.4 Å². The number of nitrogens with one attached hydrogen (secondary N) is 1. The number of aliphatic hydroxyl groups is 1. The van der Waals surface area contributed by atoms with Crippen LogP contribution in [0.2, 0.25) is 18.1 Å². The molecule has 3 atom stereocenters. The quantitative estimate of drug-likeness (QED) is 0.610. The molecule has 26 heavy (non-hydrogen) atoms. The summed E-state index contributed by atoms with van der Waals surface area (Å²) in [6.07, 6.45) is 5.34. The van der Waals surface area contributed by atoms with E-state index in [-0.39, 0.29) is 16.6 Å². The van der Waals surface area contributed by atoms with Crippen molar-refractivity contribution in [1.82, 2.24) is 5.32 Å². The van der Waals surface area contributed by atoms with Crippen LogP contribution in [0.5, 0.6) is 11.5 Å². The van der Waals surface area contributed by atoms with E-state index in [9.17, 15) is 5.11 Å². The van der Waals surface area contributed by atoms with Gasteiger partial charge in [0.15, 0.2) is 5.75 Å². The Labute approximate surface area is 157 Å². The fraction of sp³-hybridized carbons (Fsp3) is 0.619. The Hall–Kier alpha value is -1.30. The van der Waals surface area contributed by atoms with E-state index in [2.05, 4.69) is 57.4 Å². The van der Waals surface area contributed by atoms with E-state index in [4.69, 9.17) is 9.16 Å². The zero-order valence-electron chi connectivity index (χ0n) is 16.6. The number of rotatable bonds is 2. The van der Waals surface area contributed by atoms with E-state index in [1.165, 1.54) is 11.1 Å². The second-order valence-corrected chi connectivity index (χ2v) is 14.2. The molecule has 0 radical (unpaired) electrons. The summed E-state index contributed by atoms with van der Waals surface area (Å²) in [5.41, 5.74) is 2.44. The highest BCUT2D eigenvalue weighted by Crippen LogP contribution is 2.56. The lowest BCUT2D eigenvalue weighted by Crippen LogP contribution is -2.44. The Balaban J connectivity index is 1.83.